The second-order valence-corrected chi connectivity index (χ2v) is 4.19. The topological polar surface area (TPSA) is 30.5 Å². The van der Waals surface area contributed by atoms with Crippen LogP contribution in [0.3, 0.4) is 0 Å². The number of rotatable bonds is 3. The van der Waals surface area contributed by atoms with E-state index in [4.69, 9.17) is 21.7 Å². The van der Waals surface area contributed by atoms with Gasteiger partial charge in [0.25, 0.3) is 5.17 Å². The molecular formula is C12H15NO2S. The zero-order valence-electron chi connectivity index (χ0n) is 9.23. The third-order valence-corrected chi connectivity index (χ3v) is 2.77. The number of benzene rings is 1. The van der Waals surface area contributed by atoms with Crippen LogP contribution in [0.1, 0.15) is 12.0 Å². The van der Waals surface area contributed by atoms with Crippen LogP contribution >= 0.6 is 12.2 Å². The first kappa shape index (κ1) is 11.2. The first-order valence-electron chi connectivity index (χ1n) is 5.38. The van der Waals surface area contributed by atoms with Gasteiger partial charge < -0.3 is 14.8 Å². The Bertz CT molecular complexity index is 381. The molecule has 1 aromatic rings. The molecule has 0 aromatic heterocycles. The number of thiocarbonyl (C=S) groups is 1. The Morgan fingerprint density at radius 3 is 3.06 bits per heavy atom. The second-order valence-electron chi connectivity index (χ2n) is 3.82. The summed E-state index contributed by atoms with van der Waals surface area (Å²) in [5.74, 6) is 0.913. The third-order valence-electron chi connectivity index (χ3n) is 2.53. The van der Waals surface area contributed by atoms with Crippen molar-refractivity contribution in [2.24, 2.45) is 0 Å². The maximum atomic E-state index is 5.71. The summed E-state index contributed by atoms with van der Waals surface area (Å²) in [6, 6.07) is 7.96. The molecule has 0 aliphatic carbocycles. The van der Waals surface area contributed by atoms with Gasteiger partial charge in [-0.1, -0.05) is 18.2 Å². The molecule has 1 aliphatic heterocycles. The predicted octanol–water partition coefficient (Wildman–Crippen LogP) is 2.04. The highest BCUT2D eigenvalue weighted by Crippen LogP contribution is 2.17. The van der Waals surface area contributed by atoms with Crippen LogP contribution in [-0.2, 0) is 4.74 Å². The van der Waals surface area contributed by atoms with Crippen LogP contribution in [0.5, 0.6) is 5.75 Å². The van der Waals surface area contributed by atoms with Gasteiger partial charge in [0.15, 0.2) is 0 Å². The molecule has 0 bridgehead atoms. The Hall–Kier alpha value is -1.29. The third kappa shape index (κ3) is 2.85. The van der Waals surface area contributed by atoms with Gasteiger partial charge in [-0.3, -0.25) is 0 Å². The molecule has 4 heteroatoms. The molecule has 0 spiro atoms. The number of hydrogen-bond donors (Lipinski definition) is 1. The maximum absolute atomic E-state index is 5.71. The van der Waals surface area contributed by atoms with E-state index < -0.39 is 0 Å². The number of nitrogens with one attached hydrogen (secondary N) is 1. The van der Waals surface area contributed by atoms with Crippen molar-refractivity contribution in [1.82, 2.24) is 5.32 Å². The van der Waals surface area contributed by atoms with Gasteiger partial charge in [-0.05, 0) is 30.8 Å². The van der Waals surface area contributed by atoms with E-state index in [1.165, 1.54) is 0 Å². The Labute approximate surface area is 101 Å². The maximum Gasteiger partial charge on any atom is 0.257 e. The predicted molar refractivity (Wildman–Crippen MR) is 66.8 cm³/mol. The molecule has 16 heavy (non-hydrogen) atoms. The van der Waals surface area contributed by atoms with E-state index in [0.717, 1.165) is 24.3 Å². The highest BCUT2D eigenvalue weighted by Gasteiger charge is 2.18. The number of para-hydroxylation sites is 1. The summed E-state index contributed by atoms with van der Waals surface area (Å²) in [7, 11) is 0. The molecule has 1 unspecified atom stereocenters. The molecule has 1 atom stereocenters. The molecule has 1 heterocycles. The molecule has 1 N–H and O–H groups in total. The largest absolute Gasteiger partial charge is 0.489 e. The lowest BCUT2D eigenvalue weighted by molar-refractivity contribution is 0.0953. The Kier molecular flexibility index (Phi) is 3.62. The lowest BCUT2D eigenvalue weighted by atomic mass is 10.2. The van der Waals surface area contributed by atoms with Gasteiger partial charge in [-0.15, -0.1) is 0 Å². The fraction of sp³-hybridized carbons (Fsp3) is 0.417. The van der Waals surface area contributed by atoms with Crippen LogP contribution < -0.4 is 10.1 Å². The number of ether oxygens (including phenoxy) is 2. The quantitative estimate of drug-likeness (QED) is 0.815. The monoisotopic (exact) mass is 237 g/mol. The Morgan fingerprint density at radius 1 is 1.50 bits per heavy atom. The summed E-state index contributed by atoms with van der Waals surface area (Å²) in [6.45, 7) is 3.44. The van der Waals surface area contributed by atoms with Crippen molar-refractivity contribution in [2.75, 3.05) is 13.2 Å². The Balaban J connectivity index is 1.87. The molecule has 0 amide bonds. The van der Waals surface area contributed by atoms with Gasteiger partial charge >= 0.3 is 0 Å². The van der Waals surface area contributed by atoms with Crippen LogP contribution in [0.15, 0.2) is 24.3 Å². The molecule has 1 saturated heterocycles. The smallest absolute Gasteiger partial charge is 0.257 e. The average Bonchev–Trinajstić information content (AvgIpc) is 2.28. The molecule has 2 rings (SSSR count). The Morgan fingerprint density at radius 2 is 2.31 bits per heavy atom. The standard InChI is InChI=1S/C12H15NO2S/c1-9-4-2-3-5-11(9)14-8-10-6-7-13-12(16)15-10/h2-5,10H,6-8H2,1H3,(H,13,16). The average molecular weight is 237 g/mol. The fourth-order valence-electron chi connectivity index (χ4n) is 1.61. The summed E-state index contributed by atoms with van der Waals surface area (Å²) < 4.78 is 11.2. The van der Waals surface area contributed by atoms with Crippen molar-refractivity contribution in [3.05, 3.63) is 29.8 Å². The number of aryl methyl sites for hydroxylation is 1. The van der Waals surface area contributed by atoms with Gasteiger partial charge in [0.2, 0.25) is 0 Å². The molecular weight excluding hydrogens is 222 g/mol. The summed E-state index contributed by atoms with van der Waals surface area (Å²) in [4.78, 5) is 0. The van der Waals surface area contributed by atoms with E-state index in [0.29, 0.717) is 11.8 Å². The van der Waals surface area contributed by atoms with Gasteiger partial charge in [-0.2, -0.15) is 0 Å². The van der Waals surface area contributed by atoms with Crippen molar-refractivity contribution in [3.8, 4) is 5.75 Å². The molecule has 1 fully saturated rings. The van der Waals surface area contributed by atoms with Crippen molar-refractivity contribution in [2.45, 2.75) is 19.4 Å². The summed E-state index contributed by atoms with van der Waals surface area (Å²) in [5, 5.41) is 3.45. The highest BCUT2D eigenvalue weighted by atomic mass is 32.1. The van der Waals surface area contributed by atoms with Crippen LogP contribution in [-0.4, -0.2) is 24.4 Å². The van der Waals surface area contributed by atoms with Crippen LogP contribution in [0, 0.1) is 6.92 Å². The minimum absolute atomic E-state index is 0.0633. The van der Waals surface area contributed by atoms with Gasteiger partial charge in [-0.25, -0.2) is 0 Å². The molecule has 0 saturated carbocycles. The first-order chi connectivity index (χ1) is 7.75. The SMILES string of the molecule is Cc1ccccc1OCC1CCNC(=S)O1. The fourth-order valence-corrected chi connectivity index (χ4v) is 1.84. The van der Waals surface area contributed by atoms with Crippen molar-refractivity contribution in [3.63, 3.8) is 0 Å². The first-order valence-corrected chi connectivity index (χ1v) is 5.79. The summed E-state index contributed by atoms with van der Waals surface area (Å²) in [5.41, 5.74) is 1.14. The molecule has 0 radical (unpaired) electrons. The van der Waals surface area contributed by atoms with Crippen molar-refractivity contribution < 1.29 is 9.47 Å². The highest BCUT2D eigenvalue weighted by molar-refractivity contribution is 7.80. The van der Waals surface area contributed by atoms with Gasteiger partial charge in [0, 0.05) is 13.0 Å². The van der Waals surface area contributed by atoms with Gasteiger partial charge in [0.1, 0.15) is 18.5 Å². The normalized spacial score (nSPS) is 19.8. The van der Waals surface area contributed by atoms with E-state index in [-0.39, 0.29) is 6.10 Å². The summed E-state index contributed by atoms with van der Waals surface area (Å²) in [6.07, 6.45) is 0.986. The molecule has 1 aromatic carbocycles. The van der Waals surface area contributed by atoms with Crippen molar-refractivity contribution in [1.29, 1.82) is 0 Å². The van der Waals surface area contributed by atoms with E-state index in [2.05, 4.69) is 5.32 Å². The van der Waals surface area contributed by atoms with E-state index in [9.17, 15) is 0 Å². The van der Waals surface area contributed by atoms with Crippen LogP contribution in [0.4, 0.5) is 0 Å². The molecule has 3 nitrogen and oxygen atoms in total. The van der Waals surface area contributed by atoms with Crippen molar-refractivity contribution >= 4 is 17.4 Å². The minimum Gasteiger partial charge on any atom is -0.489 e. The van der Waals surface area contributed by atoms with Gasteiger partial charge in [0.05, 0.1) is 0 Å². The van der Waals surface area contributed by atoms with Crippen LogP contribution in [0.2, 0.25) is 0 Å². The van der Waals surface area contributed by atoms with Crippen LogP contribution in [0.25, 0.3) is 0 Å². The van der Waals surface area contributed by atoms with E-state index >= 15 is 0 Å². The lowest BCUT2D eigenvalue weighted by Gasteiger charge is -2.25. The van der Waals surface area contributed by atoms with E-state index in [1.807, 2.05) is 31.2 Å². The zero-order valence-corrected chi connectivity index (χ0v) is 10.0. The minimum atomic E-state index is 0.0633. The lowest BCUT2D eigenvalue weighted by Crippen LogP contribution is -2.40. The zero-order chi connectivity index (χ0) is 11.4. The molecule has 1 aliphatic rings. The summed E-state index contributed by atoms with van der Waals surface area (Å²) >= 11 is 4.95. The molecule has 86 valence electrons. The second kappa shape index (κ2) is 5.16. The van der Waals surface area contributed by atoms with E-state index in [1.54, 1.807) is 0 Å². The number of hydrogen-bond acceptors (Lipinski definition) is 3.